The third-order valence-electron chi connectivity index (χ3n) is 3.07. The lowest BCUT2D eigenvalue weighted by molar-refractivity contribution is 0.0948. The van der Waals surface area contributed by atoms with Crippen molar-refractivity contribution in [1.29, 1.82) is 0 Å². The molecule has 1 amide bonds. The number of nitrogen functional groups attached to an aromatic ring is 1. The molecule has 0 radical (unpaired) electrons. The van der Waals surface area contributed by atoms with Crippen molar-refractivity contribution < 1.29 is 9.53 Å². The second kappa shape index (κ2) is 8.00. The Bertz CT molecular complexity index is 729. The second-order valence-electron chi connectivity index (χ2n) is 6.01. The maximum absolute atomic E-state index is 12.3. The van der Waals surface area contributed by atoms with Crippen LogP contribution in [0.1, 0.15) is 41.1 Å². The van der Waals surface area contributed by atoms with Crippen LogP contribution in [0, 0.1) is 0 Å². The SMILES string of the molecule is COc1cc(N)c(Cl)cc1C(=O)NCc1nnc(C(C)(C)C)s1.Cl. The van der Waals surface area contributed by atoms with E-state index in [4.69, 9.17) is 22.1 Å². The zero-order valence-corrected chi connectivity index (χ0v) is 16.2. The van der Waals surface area contributed by atoms with E-state index in [0.29, 0.717) is 22.0 Å². The number of ether oxygens (including phenoxy) is 1. The van der Waals surface area contributed by atoms with Gasteiger partial charge >= 0.3 is 0 Å². The Morgan fingerprint density at radius 3 is 2.58 bits per heavy atom. The van der Waals surface area contributed by atoms with E-state index >= 15 is 0 Å². The monoisotopic (exact) mass is 390 g/mol. The summed E-state index contributed by atoms with van der Waals surface area (Å²) < 4.78 is 5.18. The lowest BCUT2D eigenvalue weighted by Crippen LogP contribution is -2.23. The Morgan fingerprint density at radius 2 is 2.04 bits per heavy atom. The van der Waals surface area contributed by atoms with Crippen LogP contribution in [0.4, 0.5) is 5.69 Å². The lowest BCUT2D eigenvalue weighted by atomic mass is 9.98. The van der Waals surface area contributed by atoms with E-state index in [2.05, 4.69) is 36.3 Å². The number of rotatable bonds is 4. The van der Waals surface area contributed by atoms with Crippen LogP contribution >= 0.6 is 35.3 Å². The Kier molecular flexibility index (Phi) is 6.83. The van der Waals surface area contributed by atoms with Gasteiger partial charge in [0.2, 0.25) is 0 Å². The van der Waals surface area contributed by atoms with Crippen LogP contribution in [0.15, 0.2) is 12.1 Å². The minimum Gasteiger partial charge on any atom is -0.496 e. The zero-order chi connectivity index (χ0) is 17.2. The molecule has 0 fully saturated rings. The normalized spacial score (nSPS) is 10.9. The van der Waals surface area contributed by atoms with Gasteiger partial charge in [-0.3, -0.25) is 4.79 Å². The Hall–Kier alpha value is -1.57. The molecule has 0 aliphatic heterocycles. The molecule has 2 rings (SSSR count). The molecule has 0 saturated carbocycles. The van der Waals surface area contributed by atoms with Gasteiger partial charge in [0.25, 0.3) is 5.91 Å². The van der Waals surface area contributed by atoms with E-state index < -0.39 is 0 Å². The molecule has 0 unspecified atom stereocenters. The van der Waals surface area contributed by atoms with Gasteiger partial charge in [-0.05, 0) is 6.07 Å². The smallest absolute Gasteiger partial charge is 0.255 e. The van der Waals surface area contributed by atoms with Crippen LogP contribution in [-0.4, -0.2) is 23.2 Å². The molecule has 24 heavy (non-hydrogen) atoms. The van der Waals surface area contributed by atoms with Crippen molar-refractivity contribution in [3.05, 3.63) is 32.7 Å². The van der Waals surface area contributed by atoms with Gasteiger partial charge in [0.05, 0.1) is 29.9 Å². The number of nitrogens with one attached hydrogen (secondary N) is 1. The fraction of sp³-hybridized carbons (Fsp3) is 0.400. The van der Waals surface area contributed by atoms with E-state index in [9.17, 15) is 4.79 Å². The van der Waals surface area contributed by atoms with Crippen molar-refractivity contribution in [3.8, 4) is 5.75 Å². The molecule has 9 heteroatoms. The summed E-state index contributed by atoms with van der Waals surface area (Å²) in [6.07, 6.45) is 0. The Morgan fingerprint density at radius 1 is 1.38 bits per heavy atom. The topological polar surface area (TPSA) is 90.1 Å². The molecule has 132 valence electrons. The number of carbonyl (C=O) groups excluding carboxylic acids is 1. The summed E-state index contributed by atoms with van der Waals surface area (Å²) in [7, 11) is 1.47. The van der Waals surface area contributed by atoms with Crippen molar-refractivity contribution in [2.45, 2.75) is 32.7 Å². The van der Waals surface area contributed by atoms with Gasteiger partial charge in [0, 0.05) is 11.5 Å². The first-order valence-corrected chi connectivity index (χ1v) is 8.16. The van der Waals surface area contributed by atoms with E-state index in [0.717, 1.165) is 10.0 Å². The van der Waals surface area contributed by atoms with Crippen LogP contribution < -0.4 is 15.8 Å². The fourth-order valence-corrected chi connectivity index (χ4v) is 2.80. The maximum atomic E-state index is 12.3. The van der Waals surface area contributed by atoms with Crippen LogP contribution in [0.2, 0.25) is 5.02 Å². The summed E-state index contributed by atoms with van der Waals surface area (Å²) >= 11 is 7.45. The number of halogens is 2. The molecule has 3 N–H and O–H groups in total. The summed E-state index contributed by atoms with van der Waals surface area (Å²) in [6.45, 7) is 6.49. The summed E-state index contributed by atoms with van der Waals surface area (Å²) in [4.78, 5) is 12.3. The van der Waals surface area contributed by atoms with E-state index in [1.165, 1.54) is 30.6 Å². The molecule has 0 spiro atoms. The van der Waals surface area contributed by atoms with Crippen molar-refractivity contribution in [3.63, 3.8) is 0 Å². The molecular weight excluding hydrogens is 371 g/mol. The number of anilines is 1. The summed E-state index contributed by atoms with van der Waals surface area (Å²) in [5, 5.41) is 13.0. The van der Waals surface area contributed by atoms with Crippen molar-refractivity contribution in [1.82, 2.24) is 15.5 Å². The number of hydrogen-bond donors (Lipinski definition) is 2. The van der Waals surface area contributed by atoms with Gasteiger partial charge < -0.3 is 15.8 Å². The minimum atomic E-state index is -0.309. The first kappa shape index (κ1) is 20.5. The predicted octanol–water partition coefficient (Wildman–Crippen LogP) is 3.43. The largest absolute Gasteiger partial charge is 0.496 e. The lowest BCUT2D eigenvalue weighted by Gasteiger charge is -2.12. The molecule has 0 aliphatic rings. The van der Waals surface area contributed by atoms with Crippen molar-refractivity contribution in [2.24, 2.45) is 0 Å². The first-order valence-electron chi connectivity index (χ1n) is 6.96. The van der Waals surface area contributed by atoms with E-state index in [1.807, 2.05) is 0 Å². The molecule has 0 saturated heterocycles. The highest BCUT2D eigenvalue weighted by Gasteiger charge is 2.20. The molecular formula is C15H20Cl2N4O2S. The zero-order valence-electron chi connectivity index (χ0n) is 13.8. The van der Waals surface area contributed by atoms with Crippen LogP contribution in [0.25, 0.3) is 0 Å². The number of nitrogens with zero attached hydrogens (tertiary/aromatic N) is 2. The number of hydrogen-bond acceptors (Lipinski definition) is 6. The highest BCUT2D eigenvalue weighted by Crippen LogP contribution is 2.29. The van der Waals surface area contributed by atoms with Crippen molar-refractivity contribution in [2.75, 3.05) is 12.8 Å². The van der Waals surface area contributed by atoms with E-state index in [-0.39, 0.29) is 30.3 Å². The van der Waals surface area contributed by atoms with Crippen LogP contribution in [0.5, 0.6) is 5.75 Å². The maximum Gasteiger partial charge on any atom is 0.255 e. The van der Waals surface area contributed by atoms with E-state index in [1.54, 1.807) is 0 Å². The average molecular weight is 391 g/mol. The van der Waals surface area contributed by atoms with Gasteiger partial charge in [-0.1, -0.05) is 43.7 Å². The van der Waals surface area contributed by atoms with Crippen LogP contribution in [0.3, 0.4) is 0 Å². The fourth-order valence-electron chi connectivity index (χ4n) is 1.79. The van der Waals surface area contributed by atoms with Gasteiger partial charge in [-0.25, -0.2) is 0 Å². The Labute approximate surface area is 156 Å². The van der Waals surface area contributed by atoms with Gasteiger partial charge in [0.15, 0.2) is 0 Å². The second-order valence-corrected chi connectivity index (χ2v) is 7.48. The molecule has 6 nitrogen and oxygen atoms in total. The molecule has 0 aliphatic carbocycles. The van der Waals surface area contributed by atoms with Gasteiger partial charge in [0.1, 0.15) is 15.8 Å². The minimum absolute atomic E-state index is 0. The quantitative estimate of drug-likeness (QED) is 0.780. The predicted molar refractivity (Wildman–Crippen MR) is 99.4 cm³/mol. The number of carbonyl (C=O) groups is 1. The highest BCUT2D eigenvalue weighted by atomic mass is 35.5. The number of nitrogens with two attached hydrogens (primary N) is 1. The van der Waals surface area contributed by atoms with Gasteiger partial charge in [-0.2, -0.15) is 0 Å². The molecule has 0 atom stereocenters. The third kappa shape index (κ3) is 4.72. The molecule has 1 aromatic carbocycles. The molecule has 1 aromatic heterocycles. The molecule has 0 bridgehead atoms. The molecule has 2 aromatic rings. The first-order chi connectivity index (χ1) is 10.7. The molecule has 1 heterocycles. The summed E-state index contributed by atoms with van der Waals surface area (Å²) in [6, 6.07) is 3.02. The number of amides is 1. The standard InChI is InChI=1S/C15H19ClN4O2S.ClH/c1-15(2,3)14-20-19-12(23-14)7-18-13(21)8-5-9(16)10(17)6-11(8)22-4;/h5-6H,7,17H2,1-4H3,(H,18,21);1H. The third-order valence-corrected chi connectivity index (χ3v) is 4.75. The summed E-state index contributed by atoms with van der Waals surface area (Å²) in [5.41, 5.74) is 6.34. The Balaban J connectivity index is 0.00000288. The van der Waals surface area contributed by atoms with Crippen LogP contribution in [-0.2, 0) is 12.0 Å². The van der Waals surface area contributed by atoms with Gasteiger partial charge in [-0.15, -0.1) is 22.6 Å². The van der Waals surface area contributed by atoms with Crippen molar-refractivity contribution >= 4 is 46.9 Å². The number of methoxy groups -OCH3 is 1. The average Bonchev–Trinajstić information content (AvgIpc) is 2.96. The number of aromatic nitrogens is 2. The highest BCUT2D eigenvalue weighted by molar-refractivity contribution is 7.11. The number of benzene rings is 1. The summed E-state index contributed by atoms with van der Waals surface area (Å²) in [5.74, 6) is 0.0632.